The Balaban J connectivity index is 2.29. The number of rotatable bonds is 1. The van der Waals surface area contributed by atoms with Crippen molar-refractivity contribution >= 4 is 11.8 Å². The van der Waals surface area contributed by atoms with Gasteiger partial charge in [0.05, 0.1) is 19.4 Å². The number of carbonyl (C=O) groups excluding carboxylic acids is 1. The molecular formula is C7H12N2O3. The summed E-state index contributed by atoms with van der Waals surface area (Å²) in [6.45, 7) is 1.28. The Morgan fingerprint density at radius 3 is 3.17 bits per heavy atom. The molecule has 0 aliphatic carbocycles. The van der Waals surface area contributed by atoms with Crippen molar-refractivity contribution in [1.29, 1.82) is 0 Å². The highest BCUT2D eigenvalue weighted by Crippen LogP contribution is 2.01. The van der Waals surface area contributed by atoms with E-state index in [1.807, 2.05) is 0 Å². The van der Waals surface area contributed by atoms with E-state index < -0.39 is 6.09 Å². The predicted molar refractivity (Wildman–Crippen MR) is 43.0 cm³/mol. The van der Waals surface area contributed by atoms with Gasteiger partial charge in [-0.3, -0.25) is 0 Å². The summed E-state index contributed by atoms with van der Waals surface area (Å²) in [6, 6.07) is 0. The van der Waals surface area contributed by atoms with Gasteiger partial charge < -0.3 is 9.47 Å². The van der Waals surface area contributed by atoms with Gasteiger partial charge in [0.2, 0.25) is 0 Å². The average Bonchev–Trinajstić information content (AvgIpc) is 2.16. The van der Waals surface area contributed by atoms with E-state index >= 15 is 0 Å². The molecule has 1 rings (SSSR count). The van der Waals surface area contributed by atoms with Gasteiger partial charge in [0, 0.05) is 6.61 Å². The molecule has 5 nitrogen and oxygen atoms in total. The zero-order chi connectivity index (χ0) is 8.81. The van der Waals surface area contributed by atoms with E-state index in [1.54, 1.807) is 0 Å². The summed E-state index contributed by atoms with van der Waals surface area (Å²) in [5, 5.41) is 3.82. The van der Waals surface area contributed by atoms with Crippen LogP contribution in [0.25, 0.3) is 0 Å². The smallest absolute Gasteiger partial charge is 0.427 e. The molecule has 1 aliphatic rings. The van der Waals surface area contributed by atoms with Crippen LogP contribution in [0.5, 0.6) is 0 Å². The van der Waals surface area contributed by atoms with Gasteiger partial charge in [0.25, 0.3) is 0 Å². The Morgan fingerprint density at radius 2 is 2.58 bits per heavy atom. The fourth-order valence-corrected chi connectivity index (χ4v) is 0.899. The lowest BCUT2D eigenvalue weighted by atomic mass is 10.2. The number of carbonyl (C=O) groups is 1. The molecule has 1 fully saturated rings. The number of amides is 1. The van der Waals surface area contributed by atoms with Crippen molar-refractivity contribution in [3.8, 4) is 0 Å². The van der Waals surface area contributed by atoms with Crippen molar-refractivity contribution in [3.05, 3.63) is 0 Å². The van der Waals surface area contributed by atoms with Gasteiger partial charge >= 0.3 is 6.09 Å². The minimum absolute atomic E-state index is 0.504. The molecule has 1 heterocycles. The Morgan fingerprint density at radius 1 is 1.75 bits per heavy atom. The van der Waals surface area contributed by atoms with Crippen LogP contribution >= 0.6 is 0 Å². The second-order valence-corrected chi connectivity index (χ2v) is 2.44. The van der Waals surface area contributed by atoms with Crippen LogP contribution in [0.2, 0.25) is 0 Å². The number of nitrogens with zero attached hydrogens (tertiary/aromatic N) is 1. The van der Waals surface area contributed by atoms with Crippen LogP contribution in [0.1, 0.15) is 12.8 Å². The quantitative estimate of drug-likeness (QED) is 0.586. The molecule has 5 heteroatoms. The topological polar surface area (TPSA) is 59.9 Å². The third-order valence-corrected chi connectivity index (χ3v) is 1.51. The van der Waals surface area contributed by atoms with Crippen molar-refractivity contribution < 1.29 is 14.3 Å². The van der Waals surface area contributed by atoms with Crippen LogP contribution in [0.3, 0.4) is 0 Å². The van der Waals surface area contributed by atoms with E-state index in [0.29, 0.717) is 6.61 Å². The van der Waals surface area contributed by atoms with Gasteiger partial charge in [-0.1, -0.05) is 0 Å². The SMILES string of the molecule is COC(=O)N/N=C1\CCCOC1. The molecule has 0 bridgehead atoms. The molecular weight excluding hydrogens is 160 g/mol. The maximum atomic E-state index is 10.6. The standard InChI is InChI=1S/C7H12N2O3/c1-11-7(10)9-8-6-3-2-4-12-5-6/h2-5H2,1H3,(H,9,10)/b8-6+. The maximum Gasteiger partial charge on any atom is 0.427 e. The molecule has 0 atom stereocenters. The van der Waals surface area contributed by atoms with Gasteiger partial charge in [0.1, 0.15) is 0 Å². The molecule has 12 heavy (non-hydrogen) atoms. The first kappa shape index (κ1) is 8.99. The first-order valence-corrected chi connectivity index (χ1v) is 3.80. The van der Waals surface area contributed by atoms with E-state index in [-0.39, 0.29) is 0 Å². The summed E-state index contributed by atoms with van der Waals surface area (Å²) >= 11 is 0. The van der Waals surface area contributed by atoms with Crippen LogP contribution in [0.4, 0.5) is 4.79 Å². The highest BCUT2D eigenvalue weighted by atomic mass is 16.5. The highest BCUT2D eigenvalue weighted by molar-refractivity contribution is 5.87. The summed E-state index contributed by atoms with van der Waals surface area (Å²) in [7, 11) is 1.30. The summed E-state index contributed by atoms with van der Waals surface area (Å²) in [4.78, 5) is 10.6. The van der Waals surface area contributed by atoms with E-state index in [1.165, 1.54) is 7.11 Å². The Labute approximate surface area is 70.7 Å². The number of ether oxygens (including phenoxy) is 2. The molecule has 0 unspecified atom stereocenters. The lowest BCUT2D eigenvalue weighted by Gasteiger charge is -2.12. The van der Waals surface area contributed by atoms with Crippen LogP contribution in [0.15, 0.2) is 5.10 Å². The van der Waals surface area contributed by atoms with Crippen molar-refractivity contribution in [2.24, 2.45) is 5.10 Å². The van der Waals surface area contributed by atoms with Gasteiger partial charge in [-0.15, -0.1) is 0 Å². The van der Waals surface area contributed by atoms with Gasteiger partial charge in [-0.2, -0.15) is 5.10 Å². The Bertz CT molecular complexity index is 183. The van der Waals surface area contributed by atoms with Gasteiger partial charge in [-0.05, 0) is 12.8 Å². The Kier molecular flexibility index (Phi) is 3.53. The predicted octanol–water partition coefficient (Wildman–Crippen LogP) is 0.509. The minimum atomic E-state index is -0.548. The normalized spacial score (nSPS) is 20.6. The van der Waals surface area contributed by atoms with Gasteiger partial charge in [-0.25, -0.2) is 10.2 Å². The molecule has 0 aromatic rings. The molecule has 68 valence electrons. The van der Waals surface area contributed by atoms with Crippen molar-refractivity contribution in [2.45, 2.75) is 12.8 Å². The number of hydrogen-bond donors (Lipinski definition) is 1. The minimum Gasteiger partial charge on any atom is -0.452 e. The summed E-state index contributed by atoms with van der Waals surface area (Å²) in [6.07, 6.45) is 1.29. The first-order valence-electron chi connectivity index (χ1n) is 3.80. The summed E-state index contributed by atoms with van der Waals surface area (Å²) < 4.78 is 9.47. The molecule has 1 saturated heterocycles. The zero-order valence-corrected chi connectivity index (χ0v) is 7.00. The largest absolute Gasteiger partial charge is 0.452 e. The van der Waals surface area contributed by atoms with E-state index in [0.717, 1.165) is 25.2 Å². The van der Waals surface area contributed by atoms with Crippen molar-refractivity contribution in [1.82, 2.24) is 5.43 Å². The van der Waals surface area contributed by atoms with Crippen molar-refractivity contribution in [3.63, 3.8) is 0 Å². The van der Waals surface area contributed by atoms with E-state index in [9.17, 15) is 4.79 Å². The first-order chi connectivity index (χ1) is 5.83. The summed E-state index contributed by atoms with van der Waals surface area (Å²) in [5.41, 5.74) is 3.10. The number of hydrogen-bond acceptors (Lipinski definition) is 4. The molecule has 0 saturated carbocycles. The second kappa shape index (κ2) is 4.71. The maximum absolute atomic E-state index is 10.6. The zero-order valence-electron chi connectivity index (χ0n) is 7.00. The Hall–Kier alpha value is -1.10. The number of nitrogens with one attached hydrogen (secondary N) is 1. The molecule has 0 aromatic carbocycles. The third kappa shape index (κ3) is 2.87. The van der Waals surface area contributed by atoms with Crippen LogP contribution in [0, 0.1) is 0 Å². The van der Waals surface area contributed by atoms with E-state index in [4.69, 9.17) is 4.74 Å². The fraction of sp³-hybridized carbons (Fsp3) is 0.714. The average molecular weight is 172 g/mol. The second-order valence-electron chi connectivity index (χ2n) is 2.44. The number of methoxy groups -OCH3 is 1. The molecule has 0 aromatic heterocycles. The van der Waals surface area contributed by atoms with Crippen molar-refractivity contribution in [2.75, 3.05) is 20.3 Å². The molecule has 1 N–H and O–H groups in total. The number of hydrazone groups is 1. The lowest BCUT2D eigenvalue weighted by Crippen LogP contribution is -2.23. The van der Waals surface area contributed by atoms with Crippen LogP contribution in [-0.2, 0) is 9.47 Å². The lowest BCUT2D eigenvalue weighted by molar-refractivity contribution is 0.153. The van der Waals surface area contributed by atoms with Gasteiger partial charge in [0.15, 0.2) is 0 Å². The van der Waals surface area contributed by atoms with E-state index in [2.05, 4.69) is 15.3 Å². The van der Waals surface area contributed by atoms with Crippen LogP contribution < -0.4 is 5.43 Å². The monoisotopic (exact) mass is 172 g/mol. The van der Waals surface area contributed by atoms with Crippen LogP contribution in [-0.4, -0.2) is 32.1 Å². The fourth-order valence-electron chi connectivity index (χ4n) is 0.899. The molecule has 0 radical (unpaired) electrons. The molecule has 1 amide bonds. The molecule has 0 spiro atoms. The third-order valence-electron chi connectivity index (χ3n) is 1.51. The summed E-state index contributed by atoms with van der Waals surface area (Å²) in [5.74, 6) is 0. The highest BCUT2D eigenvalue weighted by Gasteiger charge is 2.07. The molecule has 1 aliphatic heterocycles.